The number of para-hydroxylation sites is 1. The third kappa shape index (κ3) is 3.89. The van der Waals surface area contributed by atoms with Crippen LogP contribution in [0.3, 0.4) is 0 Å². The van der Waals surface area contributed by atoms with Gasteiger partial charge in [0, 0.05) is 19.6 Å². The summed E-state index contributed by atoms with van der Waals surface area (Å²) in [7, 11) is 0. The molecule has 0 spiro atoms. The molecule has 1 N–H and O–H groups in total. The van der Waals surface area contributed by atoms with Crippen molar-refractivity contribution in [1.29, 1.82) is 0 Å². The Morgan fingerprint density at radius 1 is 0.962 bits per heavy atom. The molecule has 2 heterocycles. The minimum atomic E-state index is 0.0859. The Labute approximate surface area is 152 Å². The Bertz CT molecular complexity index is 801. The van der Waals surface area contributed by atoms with Gasteiger partial charge in [0.15, 0.2) is 0 Å². The number of aromatic nitrogens is 4. The van der Waals surface area contributed by atoms with Gasteiger partial charge in [-0.15, -0.1) is 0 Å². The van der Waals surface area contributed by atoms with E-state index in [0.29, 0.717) is 5.95 Å². The fraction of sp³-hybridized carbons (Fsp3) is 0.316. The van der Waals surface area contributed by atoms with Crippen LogP contribution in [0.5, 0.6) is 0 Å². The summed E-state index contributed by atoms with van der Waals surface area (Å²) in [6.45, 7) is 4.31. The first-order valence-corrected chi connectivity index (χ1v) is 8.85. The van der Waals surface area contributed by atoms with Gasteiger partial charge < -0.3 is 10.1 Å². The first-order chi connectivity index (χ1) is 12.9. The van der Waals surface area contributed by atoms with Crippen LogP contribution in [0.1, 0.15) is 11.6 Å². The molecule has 0 unspecified atom stereocenters. The second-order valence-corrected chi connectivity index (χ2v) is 6.27. The zero-order valence-electron chi connectivity index (χ0n) is 14.5. The number of tetrazole rings is 1. The third-order valence-corrected chi connectivity index (χ3v) is 4.52. The molecule has 7 nitrogen and oxygen atoms in total. The highest BCUT2D eigenvalue weighted by Crippen LogP contribution is 2.21. The van der Waals surface area contributed by atoms with Gasteiger partial charge >= 0.3 is 0 Å². The van der Waals surface area contributed by atoms with E-state index in [1.807, 2.05) is 36.4 Å². The standard InChI is InChI=1S/C19H22N6O/c1-3-7-16(8-4-1)18(15-24-11-13-26-14-12-24)20-19-21-22-23-25(19)17-9-5-2-6-10-17/h1-10,18H,11-15H2,(H,20,21,23)/t18-/m0/s1. The quantitative estimate of drug-likeness (QED) is 0.735. The smallest absolute Gasteiger partial charge is 0.248 e. The third-order valence-electron chi connectivity index (χ3n) is 4.52. The number of hydrogen-bond donors (Lipinski definition) is 1. The van der Waals surface area contributed by atoms with E-state index in [9.17, 15) is 0 Å². The predicted molar refractivity (Wildman–Crippen MR) is 99.2 cm³/mol. The van der Waals surface area contributed by atoms with Crippen molar-refractivity contribution in [2.45, 2.75) is 6.04 Å². The number of hydrogen-bond acceptors (Lipinski definition) is 6. The molecule has 134 valence electrons. The largest absolute Gasteiger partial charge is 0.379 e. The lowest BCUT2D eigenvalue weighted by atomic mass is 10.1. The molecule has 1 fully saturated rings. The maximum Gasteiger partial charge on any atom is 0.248 e. The summed E-state index contributed by atoms with van der Waals surface area (Å²) >= 11 is 0. The van der Waals surface area contributed by atoms with Crippen LogP contribution in [0.15, 0.2) is 60.7 Å². The van der Waals surface area contributed by atoms with Crippen LogP contribution in [0, 0.1) is 0 Å². The molecule has 3 aromatic rings. The first-order valence-electron chi connectivity index (χ1n) is 8.85. The van der Waals surface area contributed by atoms with E-state index in [1.165, 1.54) is 5.56 Å². The molecular formula is C19H22N6O. The molecule has 4 rings (SSSR count). The molecular weight excluding hydrogens is 328 g/mol. The van der Waals surface area contributed by atoms with Crippen LogP contribution in [-0.2, 0) is 4.74 Å². The van der Waals surface area contributed by atoms with Crippen molar-refractivity contribution in [2.75, 3.05) is 38.2 Å². The molecule has 2 aromatic carbocycles. The average Bonchev–Trinajstić information content (AvgIpc) is 3.18. The molecule has 0 saturated carbocycles. The number of anilines is 1. The number of ether oxygens (including phenoxy) is 1. The molecule has 0 aliphatic carbocycles. The van der Waals surface area contributed by atoms with Gasteiger partial charge in [-0.1, -0.05) is 53.6 Å². The summed E-state index contributed by atoms with van der Waals surface area (Å²) in [6.07, 6.45) is 0. The molecule has 0 bridgehead atoms. The van der Waals surface area contributed by atoms with Gasteiger partial charge in [0.05, 0.1) is 24.9 Å². The lowest BCUT2D eigenvalue weighted by molar-refractivity contribution is 0.0360. The fourth-order valence-electron chi connectivity index (χ4n) is 3.14. The number of nitrogens with zero attached hydrogens (tertiary/aromatic N) is 5. The molecule has 26 heavy (non-hydrogen) atoms. The normalized spacial score (nSPS) is 16.3. The molecule has 1 saturated heterocycles. The zero-order valence-corrected chi connectivity index (χ0v) is 14.5. The van der Waals surface area contributed by atoms with Gasteiger partial charge in [0.1, 0.15) is 0 Å². The molecule has 0 radical (unpaired) electrons. The van der Waals surface area contributed by atoms with E-state index in [2.05, 4.69) is 50.0 Å². The first kappa shape index (κ1) is 16.7. The maximum absolute atomic E-state index is 5.47. The van der Waals surface area contributed by atoms with Crippen LogP contribution in [-0.4, -0.2) is 58.0 Å². The highest BCUT2D eigenvalue weighted by molar-refractivity contribution is 5.40. The SMILES string of the molecule is c1ccc([C@H](CN2CCOCC2)Nc2nnnn2-c2ccccc2)cc1. The van der Waals surface area contributed by atoms with Crippen molar-refractivity contribution in [2.24, 2.45) is 0 Å². The monoisotopic (exact) mass is 350 g/mol. The Hall–Kier alpha value is -2.77. The van der Waals surface area contributed by atoms with Gasteiger partial charge in [-0.3, -0.25) is 4.90 Å². The Morgan fingerprint density at radius 2 is 1.65 bits per heavy atom. The maximum atomic E-state index is 5.47. The second kappa shape index (κ2) is 8.07. The minimum absolute atomic E-state index is 0.0859. The molecule has 1 atom stereocenters. The predicted octanol–water partition coefficient (Wildman–Crippen LogP) is 2.15. The average molecular weight is 350 g/mol. The van der Waals surface area contributed by atoms with Gasteiger partial charge in [-0.25, -0.2) is 0 Å². The van der Waals surface area contributed by atoms with Gasteiger partial charge in [0.25, 0.3) is 0 Å². The number of morpholine rings is 1. The van der Waals surface area contributed by atoms with Crippen LogP contribution in [0.4, 0.5) is 5.95 Å². The van der Waals surface area contributed by atoms with E-state index < -0.39 is 0 Å². The van der Waals surface area contributed by atoms with E-state index >= 15 is 0 Å². The van der Waals surface area contributed by atoms with E-state index in [4.69, 9.17) is 4.74 Å². The lowest BCUT2D eigenvalue weighted by Gasteiger charge is -2.31. The summed E-state index contributed by atoms with van der Waals surface area (Å²) in [6, 6.07) is 20.4. The van der Waals surface area contributed by atoms with E-state index in [1.54, 1.807) is 4.68 Å². The highest BCUT2D eigenvalue weighted by atomic mass is 16.5. The Balaban J connectivity index is 1.58. The van der Waals surface area contributed by atoms with Crippen LogP contribution >= 0.6 is 0 Å². The van der Waals surface area contributed by atoms with Crippen LogP contribution in [0.25, 0.3) is 5.69 Å². The Morgan fingerprint density at radius 3 is 2.38 bits per heavy atom. The van der Waals surface area contributed by atoms with E-state index in [-0.39, 0.29) is 6.04 Å². The molecule has 0 amide bonds. The number of nitrogens with one attached hydrogen (secondary N) is 1. The highest BCUT2D eigenvalue weighted by Gasteiger charge is 2.20. The summed E-state index contributed by atoms with van der Waals surface area (Å²) in [5, 5.41) is 15.7. The fourth-order valence-corrected chi connectivity index (χ4v) is 3.14. The second-order valence-electron chi connectivity index (χ2n) is 6.27. The van der Waals surface area contributed by atoms with Crippen molar-refractivity contribution < 1.29 is 4.74 Å². The van der Waals surface area contributed by atoms with Crippen molar-refractivity contribution >= 4 is 5.95 Å². The summed E-state index contributed by atoms with van der Waals surface area (Å²) in [5.74, 6) is 0.637. The molecule has 1 aliphatic rings. The molecule has 1 aromatic heterocycles. The van der Waals surface area contributed by atoms with E-state index in [0.717, 1.165) is 38.5 Å². The summed E-state index contributed by atoms with van der Waals surface area (Å²) < 4.78 is 7.20. The zero-order chi connectivity index (χ0) is 17.6. The van der Waals surface area contributed by atoms with Crippen molar-refractivity contribution in [3.63, 3.8) is 0 Å². The van der Waals surface area contributed by atoms with Gasteiger partial charge in [-0.2, -0.15) is 4.68 Å². The van der Waals surface area contributed by atoms with Crippen molar-refractivity contribution in [3.05, 3.63) is 66.2 Å². The topological polar surface area (TPSA) is 68.1 Å². The lowest BCUT2D eigenvalue weighted by Crippen LogP contribution is -2.40. The van der Waals surface area contributed by atoms with Crippen LogP contribution in [0.2, 0.25) is 0 Å². The molecule has 1 aliphatic heterocycles. The van der Waals surface area contributed by atoms with Crippen LogP contribution < -0.4 is 5.32 Å². The summed E-state index contributed by atoms with van der Waals surface area (Å²) in [4.78, 5) is 2.41. The van der Waals surface area contributed by atoms with Crippen molar-refractivity contribution in [3.8, 4) is 5.69 Å². The van der Waals surface area contributed by atoms with Crippen molar-refractivity contribution in [1.82, 2.24) is 25.1 Å². The number of benzene rings is 2. The Kier molecular flexibility index (Phi) is 5.18. The summed E-state index contributed by atoms with van der Waals surface area (Å²) in [5.41, 5.74) is 2.14. The van der Waals surface area contributed by atoms with Gasteiger partial charge in [0.2, 0.25) is 5.95 Å². The van der Waals surface area contributed by atoms with Gasteiger partial charge in [-0.05, 0) is 28.1 Å². The number of rotatable bonds is 6. The molecule has 7 heteroatoms. The minimum Gasteiger partial charge on any atom is -0.379 e.